The number of ether oxygens (including phenoxy) is 1. The lowest BCUT2D eigenvalue weighted by atomic mass is 9.71. The second kappa shape index (κ2) is 10.2. The predicted molar refractivity (Wildman–Crippen MR) is 151 cm³/mol. The highest BCUT2D eigenvalue weighted by Crippen LogP contribution is 2.43. The molecule has 1 aliphatic rings. The van der Waals surface area contributed by atoms with Crippen LogP contribution < -0.4 is 9.46 Å². The van der Waals surface area contributed by atoms with Crippen molar-refractivity contribution in [1.29, 1.82) is 0 Å². The zero-order valence-electron chi connectivity index (χ0n) is 21.8. The van der Waals surface area contributed by atoms with Crippen LogP contribution in [0.3, 0.4) is 0 Å². The minimum absolute atomic E-state index is 0.0628. The smallest absolute Gasteiger partial charge is 0.338 e. The summed E-state index contributed by atoms with van der Waals surface area (Å²) in [5.74, 6) is -2.11. The fraction of sp³-hybridized carbons (Fsp3) is 0.310. The molecule has 4 aromatic rings. The Balaban J connectivity index is 1.38. The summed E-state index contributed by atoms with van der Waals surface area (Å²) in [6.07, 6.45) is 4.85. The van der Waals surface area contributed by atoms with Crippen LogP contribution in [0, 0.1) is 11.2 Å². The molecule has 0 unspecified atom stereocenters. The Labute approximate surface area is 230 Å². The quantitative estimate of drug-likeness (QED) is 0.242. The van der Waals surface area contributed by atoms with E-state index in [1.807, 2.05) is 0 Å². The van der Waals surface area contributed by atoms with Gasteiger partial charge in [0.05, 0.1) is 33.5 Å². The molecule has 0 atom stereocenters. The number of benzene rings is 3. The Bertz CT molecular complexity index is 1650. The van der Waals surface area contributed by atoms with Crippen molar-refractivity contribution in [2.45, 2.75) is 50.3 Å². The van der Waals surface area contributed by atoms with E-state index in [0.29, 0.717) is 16.8 Å². The average molecular weight is 569 g/mol. The number of aromatic carboxylic acids is 1. The van der Waals surface area contributed by atoms with Crippen molar-refractivity contribution in [3.8, 4) is 16.3 Å². The maximum absolute atomic E-state index is 14.2. The summed E-state index contributed by atoms with van der Waals surface area (Å²) in [5.41, 5.74) is 2.43. The third-order valence-electron chi connectivity index (χ3n) is 7.40. The average Bonchev–Trinajstić information content (AvgIpc) is 3.32. The van der Waals surface area contributed by atoms with Crippen LogP contribution in [0.15, 0.2) is 59.5 Å². The highest BCUT2D eigenvalue weighted by Gasteiger charge is 2.27. The van der Waals surface area contributed by atoms with Crippen molar-refractivity contribution in [3.63, 3.8) is 0 Å². The van der Waals surface area contributed by atoms with E-state index in [4.69, 9.17) is 9.84 Å². The van der Waals surface area contributed by atoms with Gasteiger partial charge in [0.1, 0.15) is 16.6 Å². The Morgan fingerprint density at radius 2 is 1.79 bits per heavy atom. The molecule has 5 rings (SSSR count). The van der Waals surface area contributed by atoms with E-state index in [9.17, 15) is 17.6 Å². The Morgan fingerprint density at radius 1 is 1.10 bits per heavy atom. The molecule has 204 valence electrons. The van der Waals surface area contributed by atoms with Gasteiger partial charge in [-0.15, -0.1) is 11.3 Å². The fourth-order valence-corrected chi connectivity index (χ4v) is 7.03. The predicted octanol–water partition coefficient (Wildman–Crippen LogP) is 7.29. The topological polar surface area (TPSA) is 106 Å². The van der Waals surface area contributed by atoms with Gasteiger partial charge in [0.2, 0.25) is 0 Å². The highest BCUT2D eigenvalue weighted by molar-refractivity contribution is 7.92. The van der Waals surface area contributed by atoms with Crippen molar-refractivity contribution in [2.24, 2.45) is 5.41 Å². The molecule has 0 radical (unpaired) electrons. The third-order valence-corrected chi connectivity index (χ3v) is 9.85. The van der Waals surface area contributed by atoms with E-state index >= 15 is 0 Å². The van der Waals surface area contributed by atoms with E-state index in [2.05, 4.69) is 47.8 Å². The lowest BCUT2D eigenvalue weighted by molar-refractivity contribution is 0.0691. The molecule has 1 saturated carbocycles. The number of carbonyl (C=O) groups is 1. The van der Waals surface area contributed by atoms with Gasteiger partial charge in [-0.2, -0.15) is 0 Å². The summed E-state index contributed by atoms with van der Waals surface area (Å²) >= 11 is 1.48. The number of halogens is 1. The van der Waals surface area contributed by atoms with Gasteiger partial charge in [-0.3, -0.25) is 4.72 Å². The van der Waals surface area contributed by atoms with Gasteiger partial charge in [-0.05, 0) is 66.8 Å². The maximum Gasteiger partial charge on any atom is 0.338 e. The van der Waals surface area contributed by atoms with Gasteiger partial charge in [-0.1, -0.05) is 38.1 Å². The number of nitrogens with one attached hydrogen (secondary N) is 1. The summed E-state index contributed by atoms with van der Waals surface area (Å²) < 4.78 is 48.7. The minimum Gasteiger partial charge on any atom is -0.495 e. The molecule has 0 spiro atoms. The first-order valence-electron chi connectivity index (χ1n) is 12.6. The van der Waals surface area contributed by atoms with Gasteiger partial charge in [0, 0.05) is 11.6 Å². The third kappa shape index (κ3) is 5.62. The van der Waals surface area contributed by atoms with Crippen molar-refractivity contribution in [2.75, 3.05) is 11.8 Å². The van der Waals surface area contributed by atoms with Gasteiger partial charge >= 0.3 is 5.97 Å². The van der Waals surface area contributed by atoms with E-state index in [-0.39, 0.29) is 16.3 Å². The van der Waals surface area contributed by atoms with Gasteiger partial charge in [-0.25, -0.2) is 22.6 Å². The Morgan fingerprint density at radius 3 is 2.44 bits per heavy atom. The molecular formula is C29H29FN2O5S2. The Kier molecular flexibility index (Phi) is 7.11. The molecule has 10 heteroatoms. The monoisotopic (exact) mass is 568 g/mol. The lowest BCUT2D eigenvalue weighted by Crippen LogP contribution is -2.20. The second-order valence-corrected chi connectivity index (χ2v) is 13.4. The Hall–Kier alpha value is -3.50. The number of carboxylic acid groups (broad SMARTS) is 1. The number of carboxylic acids is 1. The van der Waals surface area contributed by atoms with Crippen LogP contribution >= 0.6 is 11.3 Å². The van der Waals surface area contributed by atoms with Gasteiger partial charge < -0.3 is 9.84 Å². The number of sulfonamides is 1. The first kappa shape index (κ1) is 27.1. The standard InChI is InChI=1S/C29H29FN2O5S2/c1-29(2)12-10-18(11-13-29)17-4-6-19(7-5-17)27-31-24-14-20(8-9-26(24)38-27)39(35,36)32-23-16-22(30)21(28(33)34)15-25(23)37-3/h4-9,14-16,18,32H,10-13H2,1-3H3,(H,33,34). The van der Waals surface area contributed by atoms with Crippen LogP contribution in [0.25, 0.3) is 20.8 Å². The number of hydrogen-bond donors (Lipinski definition) is 2. The molecule has 0 amide bonds. The summed E-state index contributed by atoms with van der Waals surface area (Å²) in [6, 6.07) is 14.8. The first-order valence-corrected chi connectivity index (χ1v) is 14.9. The zero-order chi connectivity index (χ0) is 27.9. The summed E-state index contributed by atoms with van der Waals surface area (Å²) in [7, 11) is -2.91. The molecule has 7 nitrogen and oxygen atoms in total. The van der Waals surface area contributed by atoms with Crippen molar-refractivity contribution in [1.82, 2.24) is 4.98 Å². The molecule has 1 fully saturated rings. The van der Waals surface area contributed by atoms with E-state index < -0.39 is 27.4 Å². The first-order chi connectivity index (χ1) is 18.5. The number of methoxy groups -OCH3 is 1. The molecule has 0 bridgehead atoms. The molecule has 3 aromatic carbocycles. The maximum atomic E-state index is 14.2. The molecule has 2 N–H and O–H groups in total. The summed E-state index contributed by atoms with van der Waals surface area (Å²) in [4.78, 5) is 15.8. The number of fused-ring (bicyclic) bond motifs is 1. The number of hydrogen-bond acceptors (Lipinski definition) is 6. The summed E-state index contributed by atoms with van der Waals surface area (Å²) in [5, 5.41) is 9.91. The second-order valence-electron chi connectivity index (χ2n) is 10.7. The molecule has 0 aliphatic heterocycles. The number of rotatable bonds is 7. The SMILES string of the molecule is COc1cc(C(=O)O)c(F)cc1NS(=O)(=O)c1ccc2sc(-c3ccc(C4CCC(C)(C)CC4)cc3)nc2c1. The van der Waals surface area contributed by atoms with Crippen LogP contribution in [-0.2, 0) is 10.0 Å². The number of aromatic nitrogens is 1. The van der Waals surface area contributed by atoms with Crippen molar-refractivity contribution in [3.05, 3.63) is 71.5 Å². The van der Waals surface area contributed by atoms with E-state index in [0.717, 1.165) is 27.4 Å². The molecule has 0 saturated heterocycles. The van der Waals surface area contributed by atoms with Gasteiger partial charge in [0.15, 0.2) is 0 Å². The fourth-order valence-electron chi connectivity index (χ4n) is 5.00. The van der Waals surface area contributed by atoms with Gasteiger partial charge in [0.25, 0.3) is 10.0 Å². The van der Waals surface area contributed by atoms with Crippen LogP contribution in [0.4, 0.5) is 10.1 Å². The number of nitrogens with zero attached hydrogens (tertiary/aromatic N) is 1. The van der Waals surface area contributed by atoms with Crippen LogP contribution in [0.1, 0.15) is 61.4 Å². The highest BCUT2D eigenvalue weighted by atomic mass is 32.2. The zero-order valence-corrected chi connectivity index (χ0v) is 23.5. The molecular weight excluding hydrogens is 539 g/mol. The largest absolute Gasteiger partial charge is 0.495 e. The van der Waals surface area contributed by atoms with Crippen LogP contribution in [0.5, 0.6) is 5.75 Å². The van der Waals surface area contributed by atoms with E-state index in [1.54, 1.807) is 6.07 Å². The van der Waals surface area contributed by atoms with E-state index in [1.165, 1.54) is 61.8 Å². The number of thiazole rings is 1. The molecule has 1 aromatic heterocycles. The van der Waals surface area contributed by atoms with Crippen LogP contribution in [-0.4, -0.2) is 31.6 Å². The number of anilines is 1. The normalized spacial score (nSPS) is 15.8. The molecule has 1 aliphatic carbocycles. The van der Waals surface area contributed by atoms with Crippen molar-refractivity contribution >= 4 is 43.2 Å². The minimum atomic E-state index is -4.15. The molecule has 1 heterocycles. The molecule has 39 heavy (non-hydrogen) atoms. The lowest BCUT2D eigenvalue weighted by Gasteiger charge is -2.34. The van der Waals surface area contributed by atoms with Crippen LogP contribution in [0.2, 0.25) is 0 Å². The van der Waals surface area contributed by atoms with Crippen molar-refractivity contribution < 1.29 is 27.4 Å². The summed E-state index contributed by atoms with van der Waals surface area (Å²) in [6.45, 7) is 4.67.